The van der Waals surface area contributed by atoms with E-state index in [0.29, 0.717) is 11.5 Å². The number of aromatic amines is 1. The monoisotopic (exact) mass is 255 g/mol. The first-order valence-corrected chi connectivity index (χ1v) is 5.99. The lowest BCUT2D eigenvalue weighted by Gasteiger charge is -2.04. The molecule has 0 spiro atoms. The number of nitrogens with zero attached hydrogens (tertiary/aromatic N) is 1. The highest BCUT2D eigenvalue weighted by atomic mass is 16.4. The van der Waals surface area contributed by atoms with E-state index >= 15 is 0 Å². The Balaban J connectivity index is 1.78. The van der Waals surface area contributed by atoms with Crippen LogP contribution in [0.1, 0.15) is 22.0 Å². The van der Waals surface area contributed by atoms with E-state index in [4.69, 9.17) is 4.42 Å². The van der Waals surface area contributed by atoms with Crippen LogP contribution in [0.3, 0.4) is 0 Å². The number of carbonyl (C=O) groups is 1. The average molecular weight is 255 g/mol. The van der Waals surface area contributed by atoms with Crippen LogP contribution >= 0.6 is 0 Å². The Labute approximate surface area is 109 Å². The Morgan fingerprint density at radius 2 is 2.32 bits per heavy atom. The summed E-state index contributed by atoms with van der Waals surface area (Å²) in [7, 11) is 0. The van der Waals surface area contributed by atoms with Gasteiger partial charge < -0.3 is 14.7 Å². The molecule has 5 nitrogen and oxygen atoms in total. The largest absolute Gasteiger partial charge is 0.444 e. The molecule has 1 amide bonds. The van der Waals surface area contributed by atoms with Crippen molar-refractivity contribution in [1.29, 1.82) is 0 Å². The van der Waals surface area contributed by atoms with E-state index in [2.05, 4.69) is 15.3 Å². The number of aromatic nitrogens is 2. The van der Waals surface area contributed by atoms with Crippen molar-refractivity contribution >= 4 is 16.8 Å². The van der Waals surface area contributed by atoms with Gasteiger partial charge in [-0.25, -0.2) is 4.98 Å². The fourth-order valence-electron chi connectivity index (χ4n) is 2.01. The number of hydrogen-bond acceptors (Lipinski definition) is 3. The minimum absolute atomic E-state index is 0.149. The predicted octanol–water partition coefficient (Wildman–Crippen LogP) is 2.39. The fourth-order valence-corrected chi connectivity index (χ4v) is 2.01. The third-order valence-corrected chi connectivity index (χ3v) is 2.90. The molecule has 1 aromatic carbocycles. The van der Waals surface area contributed by atoms with Crippen LogP contribution in [0.5, 0.6) is 0 Å². The van der Waals surface area contributed by atoms with E-state index in [0.717, 1.165) is 16.7 Å². The minimum Gasteiger partial charge on any atom is -0.444 e. The van der Waals surface area contributed by atoms with Crippen molar-refractivity contribution in [2.45, 2.75) is 13.5 Å². The third kappa shape index (κ3) is 2.22. The second-order valence-electron chi connectivity index (χ2n) is 4.29. The van der Waals surface area contributed by atoms with E-state index in [9.17, 15) is 4.79 Å². The number of benzene rings is 1. The molecular weight excluding hydrogens is 242 g/mol. The van der Waals surface area contributed by atoms with Crippen molar-refractivity contribution in [2.24, 2.45) is 0 Å². The molecule has 0 saturated carbocycles. The van der Waals surface area contributed by atoms with Crippen molar-refractivity contribution in [3.63, 3.8) is 0 Å². The number of amides is 1. The number of hydrogen-bond donors (Lipinski definition) is 2. The Hall–Kier alpha value is -2.56. The molecule has 3 rings (SSSR count). The van der Waals surface area contributed by atoms with Crippen LogP contribution in [0, 0.1) is 6.92 Å². The smallest absolute Gasteiger partial charge is 0.253 e. The van der Waals surface area contributed by atoms with Crippen LogP contribution in [-0.2, 0) is 6.54 Å². The summed E-state index contributed by atoms with van der Waals surface area (Å²) in [6, 6.07) is 7.54. The zero-order chi connectivity index (χ0) is 13.2. The molecule has 0 bridgehead atoms. The summed E-state index contributed by atoms with van der Waals surface area (Å²) >= 11 is 0. The fraction of sp³-hybridized carbons (Fsp3) is 0.143. The van der Waals surface area contributed by atoms with Gasteiger partial charge in [0.25, 0.3) is 5.91 Å². The molecule has 0 aliphatic carbocycles. The zero-order valence-corrected chi connectivity index (χ0v) is 10.4. The Morgan fingerprint density at radius 1 is 1.42 bits per heavy atom. The molecule has 0 radical (unpaired) electrons. The van der Waals surface area contributed by atoms with Gasteiger partial charge in [-0.1, -0.05) is 12.1 Å². The van der Waals surface area contributed by atoms with Gasteiger partial charge in [-0.15, -0.1) is 0 Å². The molecule has 3 aromatic rings. The number of H-pyrrole nitrogens is 1. The summed E-state index contributed by atoms with van der Waals surface area (Å²) in [5.74, 6) is 1.09. The maximum atomic E-state index is 12.1. The number of nitrogens with one attached hydrogen (secondary N) is 2. The Kier molecular flexibility index (Phi) is 2.79. The van der Waals surface area contributed by atoms with Crippen LogP contribution < -0.4 is 5.32 Å². The predicted molar refractivity (Wildman–Crippen MR) is 70.7 cm³/mol. The van der Waals surface area contributed by atoms with Gasteiger partial charge in [0, 0.05) is 11.6 Å². The molecule has 5 heteroatoms. The summed E-state index contributed by atoms with van der Waals surface area (Å²) in [4.78, 5) is 19.3. The van der Waals surface area contributed by atoms with Gasteiger partial charge in [-0.05, 0) is 19.1 Å². The Morgan fingerprint density at radius 3 is 3.11 bits per heavy atom. The SMILES string of the molecule is Cc1cnc(CNC(=O)c2cccc3cc[nH]c23)o1. The lowest BCUT2D eigenvalue weighted by Crippen LogP contribution is -2.23. The molecule has 0 saturated heterocycles. The quantitative estimate of drug-likeness (QED) is 0.755. The minimum atomic E-state index is -0.149. The number of fused-ring (bicyclic) bond motifs is 1. The molecule has 19 heavy (non-hydrogen) atoms. The number of aryl methyl sites for hydroxylation is 1. The van der Waals surface area contributed by atoms with Gasteiger partial charge in [0.2, 0.25) is 5.89 Å². The maximum absolute atomic E-state index is 12.1. The first kappa shape index (κ1) is 11.5. The summed E-state index contributed by atoms with van der Waals surface area (Å²) in [5.41, 5.74) is 1.45. The van der Waals surface area contributed by atoms with Crippen molar-refractivity contribution in [3.8, 4) is 0 Å². The van der Waals surface area contributed by atoms with Crippen LogP contribution in [0.15, 0.2) is 41.1 Å². The van der Waals surface area contributed by atoms with Crippen molar-refractivity contribution in [3.05, 3.63) is 53.9 Å². The highest BCUT2D eigenvalue weighted by molar-refractivity contribution is 6.05. The topological polar surface area (TPSA) is 70.9 Å². The Bertz CT molecular complexity index is 727. The number of oxazole rings is 1. The molecule has 2 N–H and O–H groups in total. The van der Waals surface area contributed by atoms with Gasteiger partial charge in [0.15, 0.2) is 0 Å². The number of rotatable bonds is 3. The molecule has 0 atom stereocenters. The van der Waals surface area contributed by atoms with Gasteiger partial charge >= 0.3 is 0 Å². The van der Waals surface area contributed by atoms with Gasteiger partial charge in [0.05, 0.1) is 23.8 Å². The van der Waals surface area contributed by atoms with E-state index < -0.39 is 0 Å². The normalized spacial score (nSPS) is 10.8. The standard InChI is InChI=1S/C14H13N3O2/c1-9-7-16-12(19-9)8-17-14(18)11-4-2-3-10-5-6-15-13(10)11/h2-7,15H,8H2,1H3,(H,17,18). The van der Waals surface area contributed by atoms with Crippen LogP contribution in [0.2, 0.25) is 0 Å². The van der Waals surface area contributed by atoms with E-state index in [1.807, 2.05) is 31.3 Å². The van der Waals surface area contributed by atoms with Gasteiger partial charge in [-0.3, -0.25) is 4.79 Å². The second-order valence-corrected chi connectivity index (χ2v) is 4.29. The highest BCUT2D eigenvalue weighted by Gasteiger charge is 2.11. The van der Waals surface area contributed by atoms with E-state index in [1.165, 1.54) is 0 Å². The van der Waals surface area contributed by atoms with E-state index in [1.54, 1.807) is 12.3 Å². The molecular formula is C14H13N3O2. The summed E-state index contributed by atoms with van der Waals surface area (Å²) in [5, 5.41) is 3.81. The lowest BCUT2D eigenvalue weighted by atomic mass is 10.1. The second kappa shape index (κ2) is 4.61. The first-order chi connectivity index (χ1) is 9.24. The molecule has 2 aromatic heterocycles. The molecule has 0 unspecified atom stereocenters. The summed E-state index contributed by atoms with van der Waals surface area (Å²) in [6.45, 7) is 2.10. The zero-order valence-electron chi connectivity index (χ0n) is 10.4. The summed E-state index contributed by atoms with van der Waals surface area (Å²) < 4.78 is 5.31. The highest BCUT2D eigenvalue weighted by Crippen LogP contribution is 2.16. The average Bonchev–Trinajstić information content (AvgIpc) is 3.03. The molecule has 0 aliphatic heterocycles. The molecule has 96 valence electrons. The summed E-state index contributed by atoms with van der Waals surface area (Å²) in [6.07, 6.45) is 3.45. The number of para-hydroxylation sites is 1. The van der Waals surface area contributed by atoms with Gasteiger partial charge in [-0.2, -0.15) is 0 Å². The molecule has 0 aliphatic rings. The van der Waals surface area contributed by atoms with Crippen LogP contribution in [0.4, 0.5) is 0 Å². The van der Waals surface area contributed by atoms with E-state index in [-0.39, 0.29) is 12.5 Å². The van der Waals surface area contributed by atoms with Crippen LogP contribution in [-0.4, -0.2) is 15.9 Å². The number of carbonyl (C=O) groups excluding carboxylic acids is 1. The lowest BCUT2D eigenvalue weighted by molar-refractivity contribution is 0.0948. The van der Waals surface area contributed by atoms with Crippen molar-refractivity contribution in [1.82, 2.24) is 15.3 Å². The first-order valence-electron chi connectivity index (χ1n) is 5.99. The molecule has 0 fully saturated rings. The molecule has 2 heterocycles. The van der Waals surface area contributed by atoms with Crippen LogP contribution in [0.25, 0.3) is 10.9 Å². The maximum Gasteiger partial charge on any atom is 0.253 e. The third-order valence-electron chi connectivity index (χ3n) is 2.90. The van der Waals surface area contributed by atoms with Crippen molar-refractivity contribution in [2.75, 3.05) is 0 Å². The van der Waals surface area contributed by atoms with Crippen molar-refractivity contribution < 1.29 is 9.21 Å². The van der Waals surface area contributed by atoms with Gasteiger partial charge in [0.1, 0.15) is 5.76 Å².